The van der Waals surface area contributed by atoms with Crippen LogP contribution in [-0.4, -0.2) is 22.8 Å². The second kappa shape index (κ2) is 113. The molecule has 0 bridgehead atoms. The molecule has 0 radical (unpaired) electrons. The van der Waals surface area contributed by atoms with Gasteiger partial charge in [-0.05, 0) is 0 Å². The zero-order chi connectivity index (χ0) is 0. The average Bonchev–Trinajstić information content (AvgIpc) is 0. The first-order chi connectivity index (χ1) is 0. The summed E-state index contributed by atoms with van der Waals surface area (Å²) in [5.74, 6) is 0. The minimum Gasteiger partial charge on any atom is -0.412 e. The van der Waals surface area contributed by atoms with Gasteiger partial charge in [0.2, 0.25) is 0 Å². The first-order valence-electron chi connectivity index (χ1n) is 0. The summed E-state index contributed by atoms with van der Waals surface area (Å²) in [5, 5.41) is 0. The minimum absolute atomic E-state index is 0. The summed E-state index contributed by atoms with van der Waals surface area (Å²) in [6.45, 7) is 0. The molecule has 0 aliphatic carbocycles. The van der Waals surface area contributed by atoms with E-state index in [1.165, 1.54) is 0 Å². The van der Waals surface area contributed by atoms with Crippen LogP contribution in [0.15, 0.2) is 0 Å². The Hall–Kier alpha value is 0.422. The molecule has 1 nitrogen and oxygen atoms in total. The highest BCUT2D eigenvalue weighted by molar-refractivity contribution is 5.75. The molecule has 0 saturated carbocycles. The molecule has 0 atom stereocenters. The quantitative estimate of drug-likeness (QED) is 0.329. The summed E-state index contributed by atoms with van der Waals surface area (Å²) in [6.07, 6.45) is 0. The van der Waals surface area contributed by atoms with Crippen LogP contribution in [0.25, 0.3) is 0 Å². The molecule has 2 N–H and O–H groups in total. The van der Waals surface area contributed by atoms with Gasteiger partial charge in [0.1, 0.15) is 0 Å². The van der Waals surface area contributed by atoms with E-state index in [9.17, 15) is 0 Å². The van der Waals surface area contributed by atoms with Crippen molar-refractivity contribution in [2.24, 2.45) is 0 Å². The maximum absolute atomic E-state index is 0. The van der Waals surface area contributed by atoms with Gasteiger partial charge in [-0.15, -0.1) is 0 Å². The monoisotopic (exact) mass is 84.1 g/mol. The van der Waals surface area contributed by atoms with Crippen molar-refractivity contribution < 1.29 is 10.2 Å². The summed E-state index contributed by atoms with van der Waals surface area (Å²) >= 11 is 0. The van der Waals surface area contributed by atoms with Crippen molar-refractivity contribution in [3.63, 3.8) is 0 Å². The van der Waals surface area contributed by atoms with Gasteiger partial charge in [-0.25, -0.2) is 0 Å². The molecule has 0 aromatic rings. The van der Waals surface area contributed by atoms with Crippen molar-refractivity contribution in [2.75, 3.05) is 0 Å². The van der Waals surface area contributed by atoms with Crippen molar-refractivity contribution in [2.45, 2.75) is 7.43 Å². The van der Waals surface area contributed by atoms with Crippen molar-refractivity contribution >= 4 is 17.4 Å². The standard InChI is InChI=1S/CH4.Al.FH.H2O.3H/h1H4;;1H;1H2;;;. The van der Waals surface area contributed by atoms with Crippen LogP contribution >= 0.6 is 0 Å². The SMILES string of the molecule is C.F.O.[AlH3]. The lowest BCUT2D eigenvalue weighted by Crippen LogP contribution is -0.381. The lowest BCUT2D eigenvalue weighted by molar-refractivity contribution is 0.824. The van der Waals surface area contributed by atoms with Crippen LogP contribution in [0.2, 0.25) is 0 Å². The van der Waals surface area contributed by atoms with Gasteiger partial charge in [0.05, 0.1) is 0 Å². The highest BCUT2D eigenvalue weighted by atomic mass is 27.0. The first-order valence-corrected chi connectivity index (χ1v) is 0. The summed E-state index contributed by atoms with van der Waals surface area (Å²) in [7, 11) is 0. The molecule has 0 aliphatic heterocycles. The molecule has 30 valence electrons. The van der Waals surface area contributed by atoms with E-state index in [-0.39, 0.29) is 35.0 Å². The van der Waals surface area contributed by atoms with Crippen molar-refractivity contribution in [3.05, 3.63) is 0 Å². The van der Waals surface area contributed by atoms with Crippen molar-refractivity contribution in [1.82, 2.24) is 0 Å². The van der Waals surface area contributed by atoms with E-state index < -0.39 is 0 Å². The first kappa shape index (κ1) is 290. The molecule has 0 saturated heterocycles. The predicted octanol–water partition coefficient (Wildman–Crippen LogP) is -1.22. The molecule has 0 rings (SSSR count). The molecule has 4 heavy (non-hydrogen) atoms. The maximum atomic E-state index is 0. The maximum Gasteiger partial charge on any atom is 0.187 e. The van der Waals surface area contributed by atoms with Gasteiger partial charge < -0.3 is 5.48 Å². The van der Waals surface area contributed by atoms with Crippen LogP contribution in [0.4, 0.5) is 4.70 Å². The second-order valence-corrected chi connectivity index (χ2v) is 0. The highest BCUT2D eigenvalue weighted by Gasteiger charge is 0.187. The van der Waals surface area contributed by atoms with Crippen molar-refractivity contribution in [3.8, 4) is 0 Å². The van der Waals surface area contributed by atoms with Crippen LogP contribution in [0, 0.1) is 0 Å². The van der Waals surface area contributed by atoms with Crippen molar-refractivity contribution in [1.29, 1.82) is 0 Å². The fraction of sp³-hybridized carbons (Fsp3) is 1.00. The topological polar surface area (TPSA) is 31.5 Å². The summed E-state index contributed by atoms with van der Waals surface area (Å²) in [5.41, 5.74) is 0. The molecule has 0 amide bonds. The minimum atomic E-state index is 0. The predicted molar refractivity (Wildman–Crippen MR) is 22.8 cm³/mol. The van der Waals surface area contributed by atoms with Gasteiger partial charge in [-0.2, -0.15) is 0 Å². The molecule has 0 spiro atoms. The van der Waals surface area contributed by atoms with E-state index >= 15 is 0 Å². The van der Waals surface area contributed by atoms with E-state index in [0.29, 0.717) is 0 Å². The Labute approximate surface area is 35.8 Å². The van der Waals surface area contributed by atoms with Gasteiger partial charge in [0.15, 0.2) is 17.4 Å². The molecular formula is CH10AlFO. The van der Waals surface area contributed by atoms with Crippen LogP contribution in [0.5, 0.6) is 0 Å². The van der Waals surface area contributed by atoms with Gasteiger partial charge >= 0.3 is 0 Å². The average molecular weight is 84.1 g/mol. The largest absolute Gasteiger partial charge is 0.412 e. The number of rotatable bonds is 0. The lowest BCUT2D eigenvalue weighted by atomic mass is 12.0. The molecule has 3 heteroatoms. The normalized spacial score (nSPS) is 0. The van der Waals surface area contributed by atoms with E-state index in [1.54, 1.807) is 0 Å². The van der Waals surface area contributed by atoms with Crippen LogP contribution < -0.4 is 0 Å². The van der Waals surface area contributed by atoms with Gasteiger partial charge in [-0.1, -0.05) is 7.43 Å². The number of hydrogen-bond acceptors (Lipinski definition) is 0. The van der Waals surface area contributed by atoms with E-state index in [4.69, 9.17) is 0 Å². The Morgan fingerprint density at radius 3 is 1.00 bits per heavy atom. The molecule has 0 unspecified atom stereocenters. The fourth-order valence-electron chi connectivity index (χ4n) is 0. The third kappa shape index (κ3) is 27.5. The lowest BCUT2D eigenvalue weighted by Gasteiger charge is -0.412. The molecule has 0 aliphatic rings. The second-order valence-electron chi connectivity index (χ2n) is 0. The third-order valence-electron chi connectivity index (χ3n) is 0. The summed E-state index contributed by atoms with van der Waals surface area (Å²) in [4.78, 5) is 0. The molecule has 0 aromatic carbocycles. The molecule has 0 aromatic heterocycles. The number of halogens is 1. The number of hydrogen-bond donors (Lipinski definition) is 0. The van der Waals surface area contributed by atoms with E-state index in [1.807, 2.05) is 0 Å². The van der Waals surface area contributed by atoms with Crippen LogP contribution in [0.1, 0.15) is 7.43 Å². The van der Waals surface area contributed by atoms with E-state index in [2.05, 4.69) is 0 Å². The molecular weight excluding hydrogens is 74.0 g/mol. The fourth-order valence-corrected chi connectivity index (χ4v) is 0. The van der Waals surface area contributed by atoms with E-state index in [0.717, 1.165) is 0 Å². The Bertz CT molecular complexity index is 8.00. The Morgan fingerprint density at radius 2 is 1.00 bits per heavy atom. The molecule has 0 fully saturated rings. The molecule has 0 heterocycles. The Kier molecular flexibility index (Phi) is 8170. The van der Waals surface area contributed by atoms with Gasteiger partial charge in [0.25, 0.3) is 0 Å². The zero-order valence-corrected chi connectivity index (χ0v) is 0.908. The zero-order valence-electron chi connectivity index (χ0n) is 0.908. The van der Waals surface area contributed by atoms with Crippen LogP contribution in [0.3, 0.4) is 0 Å². The summed E-state index contributed by atoms with van der Waals surface area (Å²) < 4.78 is 0. The van der Waals surface area contributed by atoms with Gasteiger partial charge in [-0.3, -0.25) is 4.70 Å². The highest BCUT2D eigenvalue weighted by Crippen LogP contribution is 0.420. The van der Waals surface area contributed by atoms with Crippen LogP contribution in [-0.2, 0) is 0 Å². The summed E-state index contributed by atoms with van der Waals surface area (Å²) in [6, 6.07) is 0. The Balaban J connectivity index is 0. The van der Waals surface area contributed by atoms with Gasteiger partial charge in [0, 0.05) is 0 Å². The Morgan fingerprint density at radius 1 is 1.00 bits per heavy atom. The third-order valence-corrected chi connectivity index (χ3v) is 0. The smallest absolute Gasteiger partial charge is 0.187 e.